The number of nitrogens with one attached hydrogen (secondary N) is 1. The van der Waals surface area contributed by atoms with E-state index in [4.69, 9.17) is 4.74 Å². The summed E-state index contributed by atoms with van der Waals surface area (Å²) in [6.45, 7) is 3.41. The number of ether oxygens (including phenoxy) is 1. The molecule has 4 heteroatoms. The van der Waals surface area contributed by atoms with Crippen molar-refractivity contribution in [2.45, 2.75) is 13.5 Å². The standard InChI is InChI=1S/C20H22N2O2/c1-4-24-18-7-5-6-16-19(18)17(12-21-20(16)23)15-10-8-14(9-11-15)13-22(2)3/h5-12H,4,13H2,1-3H3,(H,21,23). The molecule has 1 N–H and O–H groups in total. The zero-order valence-electron chi connectivity index (χ0n) is 14.3. The summed E-state index contributed by atoms with van der Waals surface area (Å²) in [7, 11) is 4.11. The molecule has 1 aromatic heterocycles. The maximum atomic E-state index is 12.2. The van der Waals surface area contributed by atoms with Crippen LogP contribution >= 0.6 is 0 Å². The summed E-state index contributed by atoms with van der Waals surface area (Å²) in [4.78, 5) is 17.2. The second-order valence-electron chi connectivity index (χ2n) is 6.08. The van der Waals surface area contributed by atoms with Crippen molar-refractivity contribution in [3.05, 3.63) is 64.6 Å². The maximum Gasteiger partial charge on any atom is 0.255 e. The van der Waals surface area contributed by atoms with Crippen molar-refractivity contribution in [1.82, 2.24) is 9.88 Å². The van der Waals surface area contributed by atoms with Gasteiger partial charge in [-0.3, -0.25) is 4.79 Å². The van der Waals surface area contributed by atoms with Crippen molar-refractivity contribution >= 4 is 10.8 Å². The molecule has 0 aliphatic heterocycles. The number of hydrogen-bond donors (Lipinski definition) is 1. The van der Waals surface area contributed by atoms with Crippen molar-refractivity contribution < 1.29 is 4.74 Å². The largest absolute Gasteiger partial charge is 0.493 e. The fraction of sp³-hybridized carbons (Fsp3) is 0.250. The van der Waals surface area contributed by atoms with Gasteiger partial charge in [-0.1, -0.05) is 30.3 Å². The minimum Gasteiger partial charge on any atom is -0.493 e. The van der Waals surface area contributed by atoms with Crippen molar-refractivity contribution in [2.24, 2.45) is 0 Å². The Morgan fingerprint density at radius 3 is 2.50 bits per heavy atom. The molecule has 0 aliphatic rings. The topological polar surface area (TPSA) is 45.3 Å². The second-order valence-corrected chi connectivity index (χ2v) is 6.08. The van der Waals surface area contributed by atoms with E-state index < -0.39 is 0 Å². The van der Waals surface area contributed by atoms with Crippen LogP contribution in [-0.2, 0) is 6.54 Å². The van der Waals surface area contributed by atoms with Gasteiger partial charge in [0.15, 0.2) is 0 Å². The lowest BCUT2D eigenvalue weighted by Crippen LogP contribution is -2.10. The van der Waals surface area contributed by atoms with E-state index in [9.17, 15) is 4.79 Å². The van der Waals surface area contributed by atoms with E-state index in [1.54, 1.807) is 6.20 Å². The van der Waals surface area contributed by atoms with E-state index in [0.29, 0.717) is 12.0 Å². The van der Waals surface area contributed by atoms with Crippen LogP contribution in [0.25, 0.3) is 21.9 Å². The predicted octanol–water partition coefficient (Wildman–Crippen LogP) is 3.66. The monoisotopic (exact) mass is 322 g/mol. The van der Waals surface area contributed by atoms with Gasteiger partial charge in [-0.25, -0.2) is 0 Å². The van der Waals surface area contributed by atoms with Crippen LogP contribution in [0.4, 0.5) is 0 Å². The molecule has 0 atom stereocenters. The van der Waals surface area contributed by atoms with E-state index in [1.807, 2.05) is 25.1 Å². The quantitative estimate of drug-likeness (QED) is 0.780. The van der Waals surface area contributed by atoms with Gasteiger partial charge >= 0.3 is 0 Å². The molecule has 0 saturated heterocycles. The van der Waals surface area contributed by atoms with Crippen LogP contribution < -0.4 is 10.3 Å². The lowest BCUT2D eigenvalue weighted by Gasteiger charge is -2.13. The lowest BCUT2D eigenvalue weighted by molar-refractivity contribution is 0.344. The third-order valence-electron chi connectivity index (χ3n) is 3.95. The third-order valence-corrected chi connectivity index (χ3v) is 3.95. The zero-order chi connectivity index (χ0) is 17.1. The van der Waals surface area contributed by atoms with Crippen LogP contribution in [0, 0.1) is 0 Å². The van der Waals surface area contributed by atoms with E-state index in [-0.39, 0.29) is 5.56 Å². The van der Waals surface area contributed by atoms with Crippen molar-refractivity contribution in [1.29, 1.82) is 0 Å². The van der Waals surface area contributed by atoms with Crippen LogP contribution in [-0.4, -0.2) is 30.6 Å². The Kier molecular flexibility index (Phi) is 4.67. The van der Waals surface area contributed by atoms with Gasteiger partial charge in [0.05, 0.1) is 12.0 Å². The highest BCUT2D eigenvalue weighted by Crippen LogP contribution is 2.33. The summed E-state index contributed by atoms with van der Waals surface area (Å²) in [5.74, 6) is 0.744. The number of aromatic nitrogens is 1. The third kappa shape index (κ3) is 3.19. The molecule has 2 aromatic carbocycles. The molecule has 3 rings (SSSR count). The van der Waals surface area contributed by atoms with Gasteiger partial charge in [0, 0.05) is 23.7 Å². The summed E-state index contributed by atoms with van der Waals surface area (Å²) in [5, 5.41) is 1.51. The Hall–Kier alpha value is -2.59. The number of pyridine rings is 1. The lowest BCUT2D eigenvalue weighted by atomic mass is 9.99. The number of nitrogens with zero attached hydrogens (tertiary/aromatic N) is 1. The SMILES string of the molecule is CCOc1cccc2c(=O)[nH]cc(-c3ccc(CN(C)C)cc3)c12. The van der Waals surface area contributed by atoms with Gasteiger partial charge in [0.2, 0.25) is 0 Å². The molecule has 0 spiro atoms. The molecule has 0 radical (unpaired) electrons. The number of rotatable bonds is 5. The van der Waals surface area contributed by atoms with Crippen LogP contribution in [0.2, 0.25) is 0 Å². The number of aromatic amines is 1. The molecule has 0 fully saturated rings. The van der Waals surface area contributed by atoms with Crippen molar-refractivity contribution in [3.8, 4) is 16.9 Å². The number of H-pyrrole nitrogens is 1. The highest BCUT2D eigenvalue weighted by molar-refractivity contribution is 6.00. The van der Waals surface area contributed by atoms with Crippen LogP contribution in [0.3, 0.4) is 0 Å². The summed E-state index contributed by atoms with van der Waals surface area (Å²) in [6, 6.07) is 14.0. The Labute approximate surface area is 141 Å². The van der Waals surface area contributed by atoms with Crippen LogP contribution in [0.5, 0.6) is 5.75 Å². The summed E-state index contributed by atoms with van der Waals surface area (Å²) in [5.41, 5.74) is 3.19. The Bertz CT molecular complexity index is 896. The number of benzene rings is 2. The molecule has 0 aliphatic carbocycles. The summed E-state index contributed by atoms with van der Waals surface area (Å²) < 4.78 is 5.75. The first kappa shape index (κ1) is 16.3. The summed E-state index contributed by atoms with van der Waals surface area (Å²) >= 11 is 0. The molecule has 0 saturated carbocycles. The molecule has 24 heavy (non-hydrogen) atoms. The van der Waals surface area contributed by atoms with E-state index in [1.165, 1.54) is 5.56 Å². The Morgan fingerprint density at radius 2 is 1.83 bits per heavy atom. The van der Waals surface area contributed by atoms with Gasteiger partial charge in [0.1, 0.15) is 5.75 Å². The molecule has 1 heterocycles. The summed E-state index contributed by atoms with van der Waals surface area (Å²) in [6.07, 6.45) is 1.77. The molecule has 4 nitrogen and oxygen atoms in total. The minimum absolute atomic E-state index is 0.0977. The number of hydrogen-bond acceptors (Lipinski definition) is 3. The average molecular weight is 322 g/mol. The molecular formula is C20H22N2O2. The van der Waals surface area contributed by atoms with Gasteiger partial charge in [-0.15, -0.1) is 0 Å². The normalized spacial score (nSPS) is 11.2. The smallest absolute Gasteiger partial charge is 0.255 e. The van der Waals surface area contributed by atoms with Gasteiger partial charge in [0.25, 0.3) is 5.56 Å². The first-order valence-electron chi connectivity index (χ1n) is 8.11. The highest BCUT2D eigenvalue weighted by Gasteiger charge is 2.12. The van der Waals surface area contributed by atoms with E-state index in [2.05, 4.69) is 48.2 Å². The van der Waals surface area contributed by atoms with Crippen molar-refractivity contribution in [2.75, 3.05) is 20.7 Å². The van der Waals surface area contributed by atoms with Gasteiger partial charge in [-0.2, -0.15) is 0 Å². The Balaban J connectivity index is 2.15. The second kappa shape index (κ2) is 6.89. The fourth-order valence-corrected chi connectivity index (χ4v) is 2.94. The average Bonchev–Trinajstić information content (AvgIpc) is 2.56. The van der Waals surface area contributed by atoms with E-state index >= 15 is 0 Å². The highest BCUT2D eigenvalue weighted by atomic mass is 16.5. The maximum absolute atomic E-state index is 12.2. The molecule has 0 unspecified atom stereocenters. The van der Waals surface area contributed by atoms with Crippen molar-refractivity contribution in [3.63, 3.8) is 0 Å². The molecule has 3 aromatic rings. The Morgan fingerprint density at radius 1 is 1.08 bits per heavy atom. The zero-order valence-corrected chi connectivity index (χ0v) is 14.3. The molecular weight excluding hydrogens is 300 g/mol. The number of fused-ring (bicyclic) bond motifs is 1. The van der Waals surface area contributed by atoms with Gasteiger partial charge < -0.3 is 14.6 Å². The molecule has 0 amide bonds. The first-order valence-corrected chi connectivity index (χ1v) is 8.11. The van der Waals surface area contributed by atoms with E-state index in [0.717, 1.165) is 28.8 Å². The predicted molar refractivity (Wildman–Crippen MR) is 98.6 cm³/mol. The first-order chi connectivity index (χ1) is 11.6. The van der Waals surface area contributed by atoms with Crippen LogP contribution in [0.1, 0.15) is 12.5 Å². The van der Waals surface area contributed by atoms with Crippen LogP contribution in [0.15, 0.2) is 53.5 Å². The fourth-order valence-electron chi connectivity index (χ4n) is 2.94. The van der Waals surface area contributed by atoms with Gasteiger partial charge in [-0.05, 0) is 44.3 Å². The molecule has 124 valence electrons. The minimum atomic E-state index is -0.0977. The molecule has 0 bridgehead atoms.